The number of rotatable bonds is 7. The van der Waals surface area contributed by atoms with Gasteiger partial charge in [-0.3, -0.25) is 0 Å². The number of thiocarbonyl (C=S) groups is 1. The van der Waals surface area contributed by atoms with Crippen LogP contribution >= 0.6 is 24.0 Å². The molecular weight excluding hydrogens is 269 g/mol. The largest absolute Gasteiger partial charge is 0.399 e. The van der Waals surface area contributed by atoms with Crippen LogP contribution in [0.25, 0.3) is 0 Å². The fraction of sp³-hybridized carbons (Fsp3) is 0.900. The van der Waals surface area contributed by atoms with E-state index in [4.69, 9.17) is 5.73 Å². The van der Waals surface area contributed by atoms with Gasteiger partial charge in [0.25, 0.3) is 0 Å². The lowest BCUT2D eigenvalue weighted by Gasteiger charge is -2.30. The summed E-state index contributed by atoms with van der Waals surface area (Å²) in [5, 5.41) is 0. The molecule has 0 spiro atoms. The van der Waals surface area contributed by atoms with Gasteiger partial charge >= 0.3 is 6.18 Å². The Hall–Kier alpha value is -0.0100. The summed E-state index contributed by atoms with van der Waals surface area (Å²) in [5.41, 5.74) is 5.17. The van der Waals surface area contributed by atoms with Crippen LogP contribution in [0.5, 0.6) is 0 Å². The molecular formula is C10H19F3N2S2. The van der Waals surface area contributed by atoms with Gasteiger partial charge in [-0.15, -0.1) is 0 Å². The molecule has 0 bridgehead atoms. The van der Waals surface area contributed by atoms with Gasteiger partial charge in [-0.2, -0.15) is 24.9 Å². The summed E-state index contributed by atoms with van der Waals surface area (Å²) in [6.07, 6.45) is -1.62. The lowest BCUT2D eigenvalue weighted by atomic mass is 10.1. The minimum absolute atomic E-state index is 0.115. The van der Waals surface area contributed by atoms with Crippen molar-refractivity contribution in [2.75, 3.05) is 25.6 Å². The zero-order chi connectivity index (χ0) is 13.6. The Labute approximate surface area is 110 Å². The van der Waals surface area contributed by atoms with E-state index in [1.165, 1.54) is 0 Å². The smallest absolute Gasteiger partial charge is 0.393 e. The molecule has 0 aliphatic carbocycles. The van der Waals surface area contributed by atoms with Crippen molar-refractivity contribution in [2.24, 2.45) is 11.7 Å². The highest BCUT2D eigenvalue weighted by atomic mass is 32.2. The van der Waals surface area contributed by atoms with Crippen molar-refractivity contribution in [3.8, 4) is 0 Å². The Morgan fingerprint density at radius 3 is 2.29 bits per heavy atom. The predicted molar refractivity (Wildman–Crippen MR) is 71.4 cm³/mol. The predicted octanol–water partition coefficient (Wildman–Crippen LogP) is 2.52. The zero-order valence-electron chi connectivity index (χ0n) is 10.3. The molecule has 17 heavy (non-hydrogen) atoms. The van der Waals surface area contributed by atoms with Crippen molar-refractivity contribution in [2.45, 2.75) is 25.6 Å². The topological polar surface area (TPSA) is 29.3 Å². The van der Waals surface area contributed by atoms with Gasteiger partial charge in [-0.25, -0.2) is 0 Å². The van der Waals surface area contributed by atoms with Crippen molar-refractivity contribution in [3.05, 3.63) is 0 Å². The molecule has 0 rings (SSSR count). The maximum Gasteiger partial charge on any atom is 0.399 e. The Kier molecular flexibility index (Phi) is 7.43. The minimum atomic E-state index is -4.36. The van der Waals surface area contributed by atoms with Crippen molar-refractivity contribution in [1.29, 1.82) is 0 Å². The maximum atomic E-state index is 12.7. The number of halogens is 3. The third-order valence-electron chi connectivity index (χ3n) is 2.66. The van der Waals surface area contributed by atoms with Crippen molar-refractivity contribution in [1.82, 2.24) is 4.90 Å². The fourth-order valence-electron chi connectivity index (χ4n) is 1.54. The average molecular weight is 288 g/mol. The minimum Gasteiger partial charge on any atom is -0.393 e. The number of thioether (sulfide) groups is 1. The van der Waals surface area contributed by atoms with E-state index in [0.717, 1.165) is 12.2 Å². The molecule has 2 nitrogen and oxygen atoms in total. The summed E-state index contributed by atoms with van der Waals surface area (Å²) >= 11 is 6.12. The van der Waals surface area contributed by atoms with Gasteiger partial charge in [0.1, 0.15) is 5.92 Å². The molecule has 102 valence electrons. The molecule has 2 N–H and O–H groups in total. The van der Waals surface area contributed by atoms with E-state index in [1.807, 2.05) is 13.2 Å². The first-order chi connectivity index (χ1) is 7.73. The first-order valence-electron chi connectivity index (χ1n) is 5.29. The van der Waals surface area contributed by atoms with Crippen LogP contribution in [-0.4, -0.2) is 47.7 Å². The van der Waals surface area contributed by atoms with Crippen molar-refractivity contribution < 1.29 is 13.2 Å². The molecule has 0 aliphatic rings. The second-order valence-electron chi connectivity index (χ2n) is 3.95. The van der Waals surface area contributed by atoms with E-state index < -0.39 is 17.1 Å². The second-order valence-corrected chi connectivity index (χ2v) is 5.34. The third kappa shape index (κ3) is 5.92. The van der Waals surface area contributed by atoms with Gasteiger partial charge in [0, 0.05) is 18.3 Å². The molecule has 0 aromatic rings. The number of nitrogens with two attached hydrogens (primary N) is 1. The summed E-state index contributed by atoms with van der Waals surface area (Å²) in [4.78, 5) is 1.21. The maximum absolute atomic E-state index is 12.7. The molecule has 0 aromatic carbocycles. The van der Waals surface area contributed by atoms with Crippen LogP contribution in [0.3, 0.4) is 0 Å². The highest BCUT2D eigenvalue weighted by Gasteiger charge is 2.42. The molecule has 2 unspecified atom stereocenters. The normalized spacial score (nSPS) is 15.9. The second kappa shape index (κ2) is 7.43. The number of alkyl halides is 3. The molecule has 0 saturated carbocycles. The number of hydrogen-bond donors (Lipinski definition) is 1. The van der Waals surface area contributed by atoms with Gasteiger partial charge in [0.05, 0.1) is 4.99 Å². The molecule has 0 amide bonds. The van der Waals surface area contributed by atoms with Gasteiger partial charge in [-0.05, 0) is 19.7 Å². The highest BCUT2D eigenvalue weighted by molar-refractivity contribution is 7.98. The zero-order valence-corrected chi connectivity index (χ0v) is 11.9. The van der Waals surface area contributed by atoms with E-state index in [-0.39, 0.29) is 12.6 Å². The first kappa shape index (κ1) is 17.0. The lowest BCUT2D eigenvalue weighted by molar-refractivity contribution is -0.159. The van der Waals surface area contributed by atoms with Crippen LogP contribution in [0.1, 0.15) is 13.3 Å². The molecule has 7 heteroatoms. The highest BCUT2D eigenvalue weighted by Crippen LogP contribution is 2.28. The van der Waals surface area contributed by atoms with Gasteiger partial charge in [-0.1, -0.05) is 19.1 Å². The summed E-state index contributed by atoms with van der Waals surface area (Å²) in [5.74, 6) is -0.923. The number of nitrogens with zero attached hydrogens (tertiary/aromatic N) is 1. The van der Waals surface area contributed by atoms with Crippen LogP contribution in [-0.2, 0) is 0 Å². The Morgan fingerprint density at radius 1 is 1.47 bits per heavy atom. The average Bonchev–Trinajstić information content (AvgIpc) is 2.19. The van der Waals surface area contributed by atoms with Gasteiger partial charge < -0.3 is 10.6 Å². The molecule has 0 aliphatic heterocycles. The Balaban J connectivity index is 4.60. The molecule has 0 aromatic heterocycles. The monoisotopic (exact) mass is 288 g/mol. The Morgan fingerprint density at radius 2 is 2.00 bits per heavy atom. The van der Waals surface area contributed by atoms with E-state index >= 15 is 0 Å². The van der Waals surface area contributed by atoms with Crippen LogP contribution in [0.4, 0.5) is 13.2 Å². The summed E-state index contributed by atoms with van der Waals surface area (Å²) < 4.78 is 38.1. The summed E-state index contributed by atoms with van der Waals surface area (Å²) in [6.45, 7) is 1.79. The molecule has 0 radical (unpaired) electrons. The molecule has 2 atom stereocenters. The van der Waals surface area contributed by atoms with E-state index in [2.05, 4.69) is 12.2 Å². The lowest BCUT2D eigenvalue weighted by Crippen LogP contribution is -2.45. The first-order valence-corrected chi connectivity index (χ1v) is 7.09. The van der Waals surface area contributed by atoms with Crippen LogP contribution in [0.15, 0.2) is 0 Å². The standard InChI is InChI=1S/C10H19F3N2S2/c1-4-7(6-17-3)15(2)5-8(9(14)16)10(11,12)13/h7-8H,4-6H2,1-3H3,(H2,14,16). The van der Waals surface area contributed by atoms with Crippen molar-refractivity contribution in [3.63, 3.8) is 0 Å². The summed E-state index contributed by atoms with van der Waals surface area (Å²) in [6, 6.07) is 0.115. The SMILES string of the molecule is CCC(CSC)N(C)CC(C(N)=S)C(F)(F)F. The van der Waals surface area contributed by atoms with Crippen LogP contribution in [0.2, 0.25) is 0 Å². The van der Waals surface area contributed by atoms with E-state index in [0.29, 0.717) is 0 Å². The van der Waals surface area contributed by atoms with E-state index in [1.54, 1.807) is 23.7 Å². The van der Waals surface area contributed by atoms with Crippen LogP contribution < -0.4 is 5.73 Å². The van der Waals surface area contributed by atoms with Gasteiger partial charge in [0.15, 0.2) is 0 Å². The quantitative estimate of drug-likeness (QED) is 0.729. The van der Waals surface area contributed by atoms with Gasteiger partial charge in [0.2, 0.25) is 0 Å². The van der Waals surface area contributed by atoms with Crippen molar-refractivity contribution >= 4 is 29.0 Å². The van der Waals surface area contributed by atoms with Crippen LogP contribution in [0, 0.1) is 5.92 Å². The summed E-state index contributed by atoms with van der Waals surface area (Å²) in [7, 11) is 1.68. The third-order valence-corrected chi connectivity index (χ3v) is 3.67. The Bertz CT molecular complexity index is 246. The molecule has 0 saturated heterocycles. The number of hydrogen-bond acceptors (Lipinski definition) is 3. The molecule has 0 heterocycles. The fourth-order valence-corrected chi connectivity index (χ4v) is 2.62. The molecule has 0 fully saturated rings. The van der Waals surface area contributed by atoms with E-state index in [9.17, 15) is 13.2 Å².